The Morgan fingerprint density at radius 2 is 1.82 bits per heavy atom. The Balaban J connectivity index is 1.43. The number of imidazole rings is 1. The molecule has 2 aliphatic carbocycles. The van der Waals surface area contributed by atoms with E-state index in [-0.39, 0.29) is 49.0 Å². The number of hydrogen-bond donors (Lipinski definition) is 1. The number of aryl methyl sites for hydroxylation is 1. The minimum atomic E-state index is -4.50. The van der Waals surface area contributed by atoms with Crippen LogP contribution in [0.2, 0.25) is 0 Å². The molecule has 1 aromatic carbocycles. The fraction of sp³-hybridized carbons (Fsp3) is 0.385. The molecule has 1 N–H and O–H groups in total. The average Bonchev–Trinajstić information content (AvgIpc) is 3.74. The summed E-state index contributed by atoms with van der Waals surface area (Å²) in [5.74, 6) is 0.839. The molecule has 198 valence electrons. The zero-order valence-corrected chi connectivity index (χ0v) is 20.4. The van der Waals surface area contributed by atoms with Gasteiger partial charge in [0.2, 0.25) is 0 Å². The first-order chi connectivity index (χ1) is 18.1. The number of alkyl halides is 3. The molecule has 0 bridgehead atoms. The molecule has 0 spiro atoms. The number of fused-ring (bicyclic) bond motifs is 2. The molecular weight excluding hydrogens is 503 g/mol. The van der Waals surface area contributed by atoms with Crippen LogP contribution in [0.15, 0.2) is 52.2 Å². The van der Waals surface area contributed by atoms with E-state index in [2.05, 4.69) is 9.97 Å². The summed E-state index contributed by atoms with van der Waals surface area (Å²) in [4.78, 5) is 35.3. The van der Waals surface area contributed by atoms with E-state index in [0.717, 1.165) is 22.6 Å². The minimum Gasteiger partial charge on any atom is -0.425 e. The van der Waals surface area contributed by atoms with Crippen molar-refractivity contribution in [1.29, 1.82) is 0 Å². The standard InChI is InChI=1S/C26H24F3N5O4/c1-32-21-20(22(36)33(24(32)37)9-2-10-35)34(14-18-6-3-16(13-30-18)25-11-17(25)12-25)23(31-21)38-19-7-4-15(5-8-19)26(27,28)29/h3-8,13,17,35H,2,9-12,14H2,1H3. The Morgan fingerprint density at radius 1 is 1.11 bits per heavy atom. The van der Waals surface area contributed by atoms with E-state index in [9.17, 15) is 27.9 Å². The largest absolute Gasteiger partial charge is 0.425 e. The topological polar surface area (TPSA) is 104 Å². The lowest BCUT2D eigenvalue weighted by molar-refractivity contribution is -0.137. The normalized spacial score (nSPS) is 20.0. The lowest BCUT2D eigenvalue weighted by atomic mass is 10.1. The van der Waals surface area contributed by atoms with Crippen LogP contribution in [0, 0.1) is 5.92 Å². The summed E-state index contributed by atoms with van der Waals surface area (Å²) in [5, 5.41) is 9.23. The first kappa shape index (κ1) is 24.4. The molecule has 3 heterocycles. The summed E-state index contributed by atoms with van der Waals surface area (Å²) in [6.07, 6.45) is -0.0794. The second-order valence-corrected chi connectivity index (χ2v) is 9.95. The molecule has 38 heavy (non-hydrogen) atoms. The summed E-state index contributed by atoms with van der Waals surface area (Å²) in [6, 6.07) is 7.95. The third kappa shape index (κ3) is 3.99. The van der Waals surface area contributed by atoms with Gasteiger partial charge in [0.05, 0.1) is 17.8 Å². The highest BCUT2D eigenvalue weighted by atomic mass is 19.4. The van der Waals surface area contributed by atoms with Gasteiger partial charge in [0.15, 0.2) is 11.2 Å². The van der Waals surface area contributed by atoms with Crippen molar-refractivity contribution in [2.24, 2.45) is 13.0 Å². The molecule has 0 amide bonds. The van der Waals surface area contributed by atoms with Crippen LogP contribution in [0.1, 0.15) is 36.1 Å². The maximum atomic E-state index is 13.4. The van der Waals surface area contributed by atoms with Crippen molar-refractivity contribution in [2.75, 3.05) is 6.61 Å². The van der Waals surface area contributed by atoms with Crippen molar-refractivity contribution in [1.82, 2.24) is 23.7 Å². The molecule has 6 rings (SSSR count). The molecule has 12 heteroatoms. The molecule has 0 saturated heterocycles. The summed E-state index contributed by atoms with van der Waals surface area (Å²) >= 11 is 0. The van der Waals surface area contributed by atoms with Crippen LogP contribution in [-0.4, -0.2) is 35.4 Å². The van der Waals surface area contributed by atoms with Gasteiger partial charge in [0.1, 0.15) is 5.75 Å². The minimum absolute atomic E-state index is 0.00835. The van der Waals surface area contributed by atoms with Gasteiger partial charge in [-0.05, 0) is 61.1 Å². The van der Waals surface area contributed by atoms with Gasteiger partial charge in [0, 0.05) is 31.8 Å². The van der Waals surface area contributed by atoms with Crippen LogP contribution in [0.25, 0.3) is 11.2 Å². The molecular formula is C26H24F3N5O4. The molecule has 0 radical (unpaired) electrons. The predicted octanol–water partition coefficient (Wildman–Crippen LogP) is 3.19. The Kier molecular flexibility index (Phi) is 5.49. The number of benzene rings is 1. The first-order valence-corrected chi connectivity index (χ1v) is 12.2. The Labute approximate surface area is 213 Å². The third-order valence-corrected chi connectivity index (χ3v) is 7.53. The van der Waals surface area contributed by atoms with Gasteiger partial charge in [-0.3, -0.25) is 23.5 Å². The monoisotopic (exact) mass is 527 g/mol. The quantitative estimate of drug-likeness (QED) is 0.378. The van der Waals surface area contributed by atoms with E-state index in [0.29, 0.717) is 11.1 Å². The number of rotatable bonds is 8. The second kappa shape index (κ2) is 8.55. The van der Waals surface area contributed by atoms with Crippen LogP contribution < -0.4 is 16.0 Å². The maximum Gasteiger partial charge on any atom is 0.416 e. The smallest absolute Gasteiger partial charge is 0.416 e. The molecule has 9 nitrogen and oxygen atoms in total. The van der Waals surface area contributed by atoms with E-state index in [4.69, 9.17) is 4.74 Å². The molecule has 0 atom stereocenters. The maximum absolute atomic E-state index is 13.4. The Morgan fingerprint density at radius 3 is 2.39 bits per heavy atom. The van der Waals surface area contributed by atoms with E-state index in [1.807, 2.05) is 18.3 Å². The van der Waals surface area contributed by atoms with Gasteiger partial charge < -0.3 is 9.84 Å². The van der Waals surface area contributed by atoms with E-state index < -0.39 is 23.0 Å². The zero-order valence-electron chi connectivity index (χ0n) is 20.4. The van der Waals surface area contributed by atoms with Gasteiger partial charge in [-0.15, -0.1) is 0 Å². The number of pyridine rings is 1. The van der Waals surface area contributed by atoms with E-state index in [1.54, 1.807) is 0 Å². The molecule has 0 aliphatic heterocycles. The number of halogens is 3. The zero-order chi connectivity index (χ0) is 26.8. The average molecular weight is 528 g/mol. The van der Waals surface area contributed by atoms with Crippen molar-refractivity contribution in [3.8, 4) is 11.8 Å². The summed E-state index contributed by atoms with van der Waals surface area (Å²) in [6.45, 7) is -0.112. The molecule has 4 aromatic rings. The van der Waals surface area contributed by atoms with Crippen LogP contribution in [0.3, 0.4) is 0 Å². The molecule has 2 aliphatic rings. The number of hydrogen-bond acceptors (Lipinski definition) is 6. The van der Waals surface area contributed by atoms with Crippen molar-refractivity contribution >= 4 is 11.2 Å². The fourth-order valence-electron chi connectivity index (χ4n) is 4.97. The highest BCUT2D eigenvalue weighted by Gasteiger charge is 2.70. The lowest BCUT2D eigenvalue weighted by Gasteiger charge is -2.12. The highest BCUT2D eigenvalue weighted by molar-refractivity contribution is 5.72. The fourth-order valence-corrected chi connectivity index (χ4v) is 4.97. The summed E-state index contributed by atoms with van der Waals surface area (Å²) in [7, 11) is 1.47. The summed E-state index contributed by atoms with van der Waals surface area (Å²) < 4.78 is 48.6. The van der Waals surface area contributed by atoms with Crippen LogP contribution in [-0.2, 0) is 31.7 Å². The molecule has 2 saturated carbocycles. The number of aliphatic hydroxyl groups is 1. The molecule has 0 unspecified atom stereocenters. The molecule has 2 fully saturated rings. The lowest BCUT2D eigenvalue weighted by Crippen LogP contribution is -2.39. The first-order valence-electron chi connectivity index (χ1n) is 12.2. The number of ether oxygens (including phenoxy) is 1. The number of nitrogens with zero attached hydrogens (tertiary/aromatic N) is 5. The second-order valence-electron chi connectivity index (χ2n) is 9.95. The Hall–Kier alpha value is -3.93. The molecule has 3 aromatic heterocycles. The predicted molar refractivity (Wildman–Crippen MR) is 130 cm³/mol. The summed E-state index contributed by atoms with van der Waals surface area (Å²) in [5.41, 5.74) is 0.212. The van der Waals surface area contributed by atoms with Gasteiger partial charge in [-0.2, -0.15) is 18.2 Å². The highest BCUT2D eigenvalue weighted by Crippen LogP contribution is 2.75. The van der Waals surface area contributed by atoms with Gasteiger partial charge in [-0.25, -0.2) is 4.79 Å². The van der Waals surface area contributed by atoms with Crippen LogP contribution in [0.4, 0.5) is 13.2 Å². The number of aromatic nitrogens is 5. The number of aliphatic hydroxyl groups excluding tert-OH is 1. The van der Waals surface area contributed by atoms with Gasteiger partial charge in [0.25, 0.3) is 5.56 Å². The SMILES string of the molecule is Cn1c(=O)n(CCCO)c(=O)c2c1nc(Oc1ccc(C(F)(F)F)cc1)n2Cc1ccc(C23CC2C3)cn1. The Bertz CT molecular complexity index is 1650. The van der Waals surface area contributed by atoms with Crippen LogP contribution in [0.5, 0.6) is 11.8 Å². The van der Waals surface area contributed by atoms with E-state index >= 15 is 0 Å². The van der Waals surface area contributed by atoms with Crippen molar-refractivity contribution in [3.63, 3.8) is 0 Å². The third-order valence-electron chi connectivity index (χ3n) is 7.53. The van der Waals surface area contributed by atoms with E-state index in [1.165, 1.54) is 46.7 Å². The van der Waals surface area contributed by atoms with Crippen molar-refractivity contribution in [3.05, 3.63) is 80.3 Å². The van der Waals surface area contributed by atoms with Gasteiger partial charge >= 0.3 is 17.9 Å². The van der Waals surface area contributed by atoms with Gasteiger partial charge in [-0.1, -0.05) is 6.07 Å². The van der Waals surface area contributed by atoms with Crippen LogP contribution >= 0.6 is 0 Å². The van der Waals surface area contributed by atoms with Crippen molar-refractivity contribution < 1.29 is 23.0 Å². The van der Waals surface area contributed by atoms with Crippen molar-refractivity contribution in [2.45, 2.75) is 43.9 Å².